The van der Waals surface area contributed by atoms with E-state index in [9.17, 15) is 10.4 Å². The van der Waals surface area contributed by atoms with Gasteiger partial charge < -0.3 is 5.11 Å². The molecule has 0 saturated heterocycles. The Bertz CT molecular complexity index is 487. The fourth-order valence-corrected chi connectivity index (χ4v) is 3.49. The van der Waals surface area contributed by atoms with Crippen molar-refractivity contribution in [1.82, 2.24) is 0 Å². The summed E-state index contributed by atoms with van der Waals surface area (Å²) in [4.78, 5) is 0. The van der Waals surface area contributed by atoms with E-state index in [1.807, 2.05) is 12.1 Å². The van der Waals surface area contributed by atoms with Crippen molar-refractivity contribution >= 4 is 0 Å². The molecule has 1 atom stereocenters. The first-order valence-corrected chi connectivity index (χ1v) is 7.94. The number of nitriles is 1. The smallest absolute Gasteiger partial charge is 0.0976 e. The average Bonchev–Trinajstić information content (AvgIpc) is 3.33. The van der Waals surface area contributed by atoms with Crippen molar-refractivity contribution < 1.29 is 5.11 Å². The number of hydrogen-bond acceptors (Lipinski definition) is 2. The standard InChI is InChI=1S/C18H23NO/c19-13-18(11-3-1-2-4-12-18)17(20)16-9-7-15(8-10-16)14-5-6-14/h7-10,14,17,20H,1-6,11-12H2. The normalized spacial score (nSPS) is 23.6. The first kappa shape index (κ1) is 13.6. The topological polar surface area (TPSA) is 44.0 Å². The van der Waals surface area contributed by atoms with Crippen LogP contribution in [-0.4, -0.2) is 5.11 Å². The Morgan fingerprint density at radius 3 is 2.15 bits per heavy atom. The molecule has 0 spiro atoms. The number of aliphatic hydroxyl groups is 1. The van der Waals surface area contributed by atoms with Crippen LogP contribution >= 0.6 is 0 Å². The first-order chi connectivity index (χ1) is 9.75. The lowest BCUT2D eigenvalue weighted by Gasteiger charge is -2.31. The van der Waals surface area contributed by atoms with Gasteiger partial charge in [0.2, 0.25) is 0 Å². The zero-order valence-electron chi connectivity index (χ0n) is 12.0. The minimum absolute atomic E-state index is 0.572. The lowest BCUT2D eigenvalue weighted by molar-refractivity contribution is 0.0516. The lowest BCUT2D eigenvalue weighted by atomic mass is 9.74. The van der Waals surface area contributed by atoms with Gasteiger partial charge in [-0.3, -0.25) is 0 Å². The highest BCUT2D eigenvalue weighted by molar-refractivity contribution is 5.31. The summed E-state index contributed by atoms with van der Waals surface area (Å²) in [7, 11) is 0. The van der Waals surface area contributed by atoms with Gasteiger partial charge in [-0.15, -0.1) is 0 Å². The monoisotopic (exact) mass is 269 g/mol. The predicted molar refractivity (Wildman–Crippen MR) is 79.1 cm³/mol. The zero-order valence-corrected chi connectivity index (χ0v) is 12.0. The van der Waals surface area contributed by atoms with Crippen LogP contribution in [0.5, 0.6) is 0 Å². The molecule has 106 valence electrons. The van der Waals surface area contributed by atoms with E-state index >= 15 is 0 Å². The van der Waals surface area contributed by atoms with Crippen LogP contribution in [0.15, 0.2) is 24.3 Å². The van der Waals surface area contributed by atoms with Crippen LogP contribution in [0.25, 0.3) is 0 Å². The molecule has 1 aromatic rings. The molecule has 2 nitrogen and oxygen atoms in total. The number of hydrogen-bond donors (Lipinski definition) is 1. The third-order valence-corrected chi connectivity index (χ3v) is 5.04. The van der Waals surface area contributed by atoms with E-state index in [-0.39, 0.29) is 0 Å². The van der Waals surface area contributed by atoms with Crippen LogP contribution in [0.2, 0.25) is 0 Å². The molecule has 0 bridgehead atoms. The quantitative estimate of drug-likeness (QED) is 0.823. The summed E-state index contributed by atoms with van der Waals surface area (Å²) in [6.07, 6.45) is 8.11. The summed E-state index contributed by atoms with van der Waals surface area (Å²) in [6.45, 7) is 0. The van der Waals surface area contributed by atoms with E-state index in [0.29, 0.717) is 0 Å². The molecule has 2 aliphatic carbocycles. The Hall–Kier alpha value is -1.33. The second kappa shape index (κ2) is 5.58. The summed E-state index contributed by atoms with van der Waals surface area (Å²) in [5, 5.41) is 20.4. The molecular formula is C18H23NO. The lowest BCUT2D eigenvalue weighted by Crippen LogP contribution is -2.27. The van der Waals surface area contributed by atoms with Gasteiger partial charge >= 0.3 is 0 Å². The molecule has 1 N–H and O–H groups in total. The highest BCUT2D eigenvalue weighted by Gasteiger charge is 2.39. The molecule has 2 heteroatoms. The Morgan fingerprint density at radius 1 is 1.05 bits per heavy atom. The highest BCUT2D eigenvalue weighted by atomic mass is 16.3. The number of rotatable bonds is 3. The molecule has 0 aliphatic heterocycles. The van der Waals surface area contributed by atoms with E-state index in [2.05, 4.69) is 18.2 Å². The van der Waals surface area contributed by atoms with Crippen LogP contribution in [0.4, 0.5) is 0 Å². The molecule has 0 radical (unpaired) electrons. The molecule has 2 aliphatic rings. The Morgan fingerprint density at radius 2 is 1.65 bits per heavy atom. The minimum Gasteiger partial charge on any atom is -0.387 e. The third kappa shape index (κ3) is 2.60. The van der Waals surface area contributed by atoms with Crippen LogP contribution < -0.4 is 0 Å². The maximum Gasteiger partial charge on any atom is 0.0976 e. The Kier molecular flexibility index (Phi) is 3.81. The largest absolute Gasteiger partial charge is 0.387 e. The third-order valence-electron chi connectivity index (χ3n) is 5.04. The molecule has 1 aromatic carbocycles. The van der Waals surface area contributed by atoms with Gasteiger partial charge in [0.15, 0.2) is 0 Å². The van der Waals surface area contributed by atoms with Crippen molar-refractivity contribution in [3.8, 4) is 6.07 Å². The van der Waals surface area contributed by atoms with Crippen molar-refractivity contribution in [1.29, 1.82) is 5.26 Å². The molecule has 1 unspecified atom stereocenters. The SMILES string of the molecule is N#CC1(C(O)c2ccc(C3CC3)cc2)CCCCCC1. The minimum atomic E-state index is -0.640. The van der Waals surface area contributed by atoms with E-state index in [4.69, 9.17) is 0 Å². The fraction of sp³-hybridized carbons (Fsp3) is 0.611. The van der Waals surface area contributed by atoms with Crippen molar-refractivity contribution in [2.75, 3.05) is 0 Å². The molecule has 3 rings (SSSR count). The molecule has 0 amide bonds. The van der Waals surface area contributed by atoms with Gasteiger partial charge in [0.05, 0.1) is 17.6 Å². The summed E-state index contributed by atoms with van der Waals surface area (Å²) >= 11 is 0. The van der Waals surface area contributed by atoms with Crippen LogP contribution in [0.1, 0.15) is 74.5 Å². The van der Waals surface area contributed by atoms with E-state index in [1.165, 1.54) is 31.2 Å². The van der Waals surface area contributed by atoms with E-state index < -0.39 is 11.5 Å². The Balaban J connectivity index is 1.81. The first-order valence-electron chi connectivity index (χ1n) is 7.94. The van der Waals surface area contributed by atoms with Gasteiger partial charge in [0.1, 0.15) is 0 Å². The average molecular weight is 269 g/mol. The summed E-state index contributed by atoms with van der Waals surface area (Å²) < 4.78 is 0. The van der Waals surface area contributed by atoms with Crippen molar-refractivity contribution in [2.24, 2.45) is 5.41 Å². The Labute approximate surface area is 121 Å². The van der Waals surface area contributed by atoms with Gasteiger partial charge in [0.25, 0.3) is 0 Å². The van der Waals surface area contributed by atoms with Gasteiger partial charge in [-0.2, -0.15) is 5.26 Å². The summed E-state index contributed by atoms with van der Waals surface area (Å²) in [6, 6.07) is 10.8. The van der Waals surface area contributed by atoms with Crippen molar-refractivity contribution in [2.45, 2.75) is 63.4 Å². The molecule has 2 fully saturated rings. The second-order valence-electron chi connectivity index (χ2n) is 6.53. The van der Waals surface area contributed by atoms with E-state index in [0.717, 1.165) is 37.2 Å². The number of benzene rings is 1. The fourth-order valence-electron chi connectivity index (χ4n) is 3.49. The van der Waals surface area contributed by atoms with E-state index in [1.54, 1.807) is 0 Å². The summed E-state index contributed by atoms with van der Waals surface area (Å²) in [5.74, 6) is 0.740. The molecule has 20 heavy (non-hydrogen) atoms. The molecule has 0 heterocycles. The number of nitrogens with zero attached hydrogens (tertiary/aromatic N) is 1. The van der Waals surface area contributed by atoms with Crippen LogP contribution in [-0.2, 0) is 0 Å². The highest BCUT2D eigenvalue weighted by Crippen LogP contribution is 2.45. The molecule has 0 aromatic heterocycles. The van der Waals surface area contributed by atoms with Crippen LogP contribution in [0, 0.1) is 16.7 Å². The van der Waals surface area contributed by atoms with Gasteiger partial charge in [-0.05, 0) is 42.7 Å². The molecular weight excluding hydrogens is 246 g/mol. The predicted octanol–water partition coefficient (Wildman–Crippen LogP) is 4.46. The van der Waals surface area contributed by atoms with Gasteiger partial charge in [0, 0.05) is 0 Å². The van der Waals surface area contributed by atoms with Crippen LogP contribution in [0.3, 0.4) is 0 Å². The maximum atomic E-state index is 10.7. The van der Waals surface area contributed by atoms with Gasteiger partial charge in [-0.25, -0.2) is 0 Å². The summed E-state index contributed by atoms with van der Waals surface area (Å²) in [5.41, 5.74) is 1.73. The van der Waals surface area contributed by atoms with Crippen molar-refractivity contribution in [3.63, 3.8) is 0 Å². The molecule has 2 saturated carbocycles. The van der Waals surface area contributed by atoms with Gasteiger partial charge in [-0.1, -0.05) is 49.9 Å². The second-order valence-corrected chi connectivity index (χ2v) is 6.53. The zero-order chi connectivity index (χ0) is 14.0. The van der Waals surface area contributed by atoms with Crippen molar-refractivity contribution in [3.05, 3.63) is 35.4 Å². The maximum absolute atomic E-state index is 10.7. The number of aliphatic hydroxyl groups excluding tert-OH is 1.